The van der Waals surface area contributed by atoms with Crippen molar-refractivity contribution in [1.82, 2.24) is 20.2 Å². The summed E-state index contributed by atoms with van der Waals surface area (Å²) in [5.41, 5.74) is 1.12. The molecule has 1 aromatic carbocycles. The van der Waals surface area contributed by atoms with Crippen molar-refractivity contribution >= 4 is 34.9 Å². The van der Waals surface area contributed by atoms with E-state index >= 15 is 0 Å². The van der Waals surface area contributed by atoms with Crippen molar-refractivity contribution in [2.75, 3.05) is 20.4 Å². The third-order valence-electron chi connectivity index (χ3n) is 11.2. The first-order chi connectivity index (χ1) is 25.8. The second-order valence-electron chi connectivity index (χ2n) is 15.7. The fraction of sp³-hybridized carbons (Fsp3) is 0.619. The van der Waals surface area contributed by atoms with Crippen LogP contribution in [0.2, 0.25) is 0 Å². The molecule has 1 unspecified atom stereocenters. The highest BCUT2D eigenvalue weighted by molar-refractivity contribution is 6.38. The average molecular weight is 747 g/mol. The maximum absolute atomic E-state index is 14.6. The first-order valence-corrected chi connectivity index (χ1v) is 19.4. The average Bonchev–Trinajstić information content (AvgIpc) is 3.74. The number of likely N-dealkylation sites (tertiary alicyclic amines) is 1. The van der Waals surface area contributed by atoms with Crippen molar-refractivity contribution in [3.8, 4) is 0 Å². The summed E-state index contributed by atoms with van der Waals surface area (Å²) in [4.78, 5) is 92.6. The van der Waals surface area contributed by atoms with Gasteiger partial charge in [0.05, 0.1) is 18.3 Å². The summed E-state index contributed by atoms with van der Waals surface area (Å²) in [6.07, 6.45) is 6.11. The number of Topliss-reactive ketones (excluding diaryl/α,β-unsaturated/α-hetero) is 4. The Labute approximate surface area is 319 Å². The number of ketones is 4. The topological polar surface area (TPSA) is 162 Å². The maximum Gasteiger partial charge on any atom is 0.246 e. The number of ether oxygens (including phenoxy) is 2. The zero-order valence-corrected chi connectivity index (χ0v) is 32.9. The Hall–Kier alpha value is -4.16. The molecular formula is C42H58N4O8. The molecule has 1 saturated heterocycles. The predicted octanol–water partition coefficient (Wildman–Crippen LogP) is 5.40. The highest BCUT2D eigenvalue weighted by Gasteiger charge is 2.54. The third kappa shape index (κ3) is 10.5. The summed E-state index contributed by atoms with van der Waals surface area (Å²) in [6.45, 7) is 11.5. The predicted molar refractivity (Wildman–Crippen MR) is 202 cm³/mol. The Balaban J connectivity index is 1.56. The van der Waals surface area contributed by atoms with Crippen molar-refractivity contribution < 1.29 is 38.2 Å². The van der Waals surface area contributed by atoms with Crippen LogP contribution in [0.4, 0.5) is 0 Å². The van der Waals surface area contributed by atoms with Gasteiger partial charge in [0.25, 0.3) is 0 Å². The van der Waals surface area contributed by atoms with Crippen molar-refractivity contribution in [2.45, 2.75) is 111 Å². The fourth-order valence-electron chi connectivity index (χ4n) is 8.15. The van der Waals surface area contributed by atoms with Gasteiger partial charge < -0.3 is 19.7 Å². The summed E-state index contributed by atoms with van der Waals surface area (Å²) in [5.74, 6) is -5.09. The number of methoxy groups -OCH3 is 1. The molecule has 1 aliphatic carbocycles. The third-order valence-corrected chi connectivity index (χ3v) is 11.2. The number of hydrogen-bond donors (Lipinski definition) is 1. The van der Waals surface area contributed by atoms with E-state index in [0.717, 1.165) is 5.56 Å². The molecule has 2 heterocycles. The molecule has 1 saturated carbocycles. The first kappa shape index (κ1) is 42.6. The molecule has 12 heteroatoms. The zero-order chi connectivity index (χ0) is 39.5. The van der Waals surface area contributed by atoms with Gasteiger partial charge in [-0.05, 0) is 48.5 Å². The van der Waals surface area contributed by atoms with Crippen molar-refractivity contribution in [3.63, 3.8) is 0 Å². The second-order valence-corrected chi connectivity index (χ2v) is 15.7. The summed E-state index contributed by atoms with van der Waals surface area (Å²) in [7, 11) is 1.54. The monoisotopic (exact) mass is 746 g/mol. The summed E-state index contributed by atoms with van der Waals surface area (Å²) in [6, 6.07) is 7.72. The molecule has 0 spiro atoms. The van der Waals surface area contributed by atoms with Crippen LogP contribution in [-0.2, 0) is 33.4 Å². The molecule has 2 fully saturated rings. The van der Waals surface area contributed by atoms with Crippen molar-refractivity contribution in [3.05, 3.63) is 60.2 Å². The minimum atomic E-state index is -0.980. The maximum atomic E-state index is 14.6. The highest BCUT2D eigenvalue weighted by atomic mass is 16.7. The molecule has 1 aliphatic heterocycles. The lowest BCUT2D eigenvalue weighted by molar-refractivity contribution is -0.145. The molecule has 54 heavy (non-hydrogen) atoms. The van der Waals surface area contributed by atoms with E-state index in [9.17, 15) is 28.8 Å². The Morgan fingerprint density at radius 3 is 2.24 bits per heavy atom. The molecule has 2 aliphatic rings. The van der Waals surface area contributed by atoms with Gasteiger partial charge >= 0.3 is 0 Å². The van der Waals surface area contributed by atoms with Gasteiger partial charge in [-0.25, -0.2) is 4.98 Å². The molecule has 4 rings (SSSR count). The van der Waals surface area contributed by atoms with Gasteiger partial charge in [-0.1, -0.05) is 78.3 Å². The van der Waals surface area contributed by atoms with Crippen LogP contribution in [0.3, 0.4) is 0 Å². The van der Waals surface area contributed by atoms with Crippen LogP contribution in [0.1, 0.15) is 108 Å². The number of rotatable bonds is 21. The fourth-order valence-corrected chi connectivity index (χ4v) is 8.15. The quantitative estimate of drug-likeness (QED) is 0.0996. The Bertz CT molecular complexity index is 1600. The lowest BCUT2D eigenvalue weighted by Crippen LogP contribution is -2.56. The van der Waals surface area contributed by atoms with E-state index in [2.05, 4.69) is 15.3 Å². The van der Waals surface area contributed by atoms with Crippen LogP contribution in [0.25, 0.3) is 0 Å². The van der Waals surface area contributed by atoms with E-state index in [4.69, 9.17) is 9.47 Å². The number of hydrogen-bond acceptors (Lipinski definition) is 10. The van der Waals surface area contributed by atoms with Crippen LogP contribution in [-0.4, -0.2) is 88.5 Å². The van der Waals surface area contributed by atoms with Gasteiger partial charge in [0.15, 0.2) is 17.3 Å². The van der Waals surface area contributed by atoms with E-state index in [1.54, 1.807) is 4.90 Å². The SMILES string of the molecule is CCCC(CC(=O)[C@@H]1[C@H]2CC[C@@H](OCOC)[C@H]2CN1C(=O)[C@@H](NC(=O)[C@H](CC(=O)c1cnccn1)C(C)C)C(C)C)C(=O)C(=O)C[C@H](C)c1ccccc1. The molecular weight excluding hydrogens is 688 g/mol. The normalized spacial score (nSPS) is 21.7. The Kier molecular flexibility index (Phi) is 15.7. The number of carbonyl (C=O) groups is 6. The van der Waals surface area contributed by atoms with Crippen molar-refractivity contribution in [1.29, 1.82) is 0 Å². The van der Waals surface area contributed by atoms with Gasteiger partial charge in [-0.15, -0.1) is 0 Å². The largest absolute Gasteiger partial charge is 0.359 e. The standard InChI is InChI=1S/C42H58N4O8/c1-8-12-29(40(50)36(49)19-27(6)28-13-10-9-11-14-28)20-35(48)39-30-15-16-37(54-24-53-7)32(30)23-46(39)42(52)38(26(4)5)45-41(51)31(25(2)3)21-34(47)33-22-43-17-18-44-33/h9-11,13-14,17-18,22,25-27,29-32,37-39H,8,12,15-16,19-21,23-24H2,1-7H3,(H,45,51)/t27-,29?,30-,31+,32-,37+,38-,39-/m0/s1. The Morgan fingerprint density at radius 1 is 0.907 bits per heavy atom. The van der Waals surface area contributed by atoms with Gasteiger partial charge in [0, 0.05) is 63.1 Å². The molecule has 2 aromatic rings. The molecule has 0 radical (unpaired) electrons. The van der Waals surface area contributed by atoms with Crippen LogP contribution in [0.5, 0.6) is 0 Å². The molecule has 12 nitrogen and oxygen atoms in total. The van der Waals surface area contributed by atoms with Crippen LogP contribution >= 0.6 is 0 Å². The number of nitrogens with zero attached hydrogens (tertiary/aromatic N) is 3. The van der Waals surface area contributed by atoms with Crippen molar-refractivity contribution in [2.24, 2.45) is 35.5 Å². The van der Waals surface area contributed by atoms with Gasteiger partial charge in [0.1, 0.15) is 18.5 Å². The van der Waals surface area contributed by atoms with Gasteiger partial charge in [-0.3, -0.25) is 33.8 Å². The van der Waals surface area contributed by atoms with Crippen LogP contribution in [0.15, 0.2) is 48.9 Å². The van der Waals surface area contributed by atoms with E-state index in [1.165, 1.54) is 25.7 Å². The molecule has 8 atom stereocenters. The van der Waals surface area contributed by atoms with E-state index in [1.807, 2.05) is 71.9 Å². The zero-order valence-electron chi connectivity index (χ0n) is 32.9. The summed E-state index contributed by atoms with van der Waals surface area (Å²) >= 11 is 0. The summed E-state index contributed by atoms with van der Waals surface area (Å²) < 4.78 is 11.2. The lowest BCUT2D eigenvalue weighted by atomic mass is 9.83. The number of carbonyl (C=O) groups excluding carboxylic acids is 6. The van der Waals surface area contributed by atoms with E-state index in [-0.39, 0.29) is 85.6 Å². The molecule has 1 aromatic heterocycles. The molecule has 2 amide bonds. The number of aromatic nitrogens is 2. The van der Waals surface area contributed by atoms with Gasteiger partial charge in [0.2, 0.25) is 17.6 Å². The van der Waals surface area contributed by atoms with Crippen LogP contribution < -0.4 is 5.32 Å². The number of amides is 2. The smallest absolute Gasteiger partial charge is 0.246 e. The lowest BCUT2D eigenvalue weighted by Gasteiger charge is -2.33. The first-order valence-electron chi connectivity index (χ1n) is 19.4. The molecule has 1 N–H and O–H groups in total. The molecule has 0 bridgehead atoms. The van der Waals surface area contributed by atoms with E-state index in [0.29, 0.717) is 25.7 Å². The highest BCUT2D eigenvalue weighted by Crippen LogP contribution is 2.45. The minimum Gasteiger partial charge on any atom is -0.359 e. The van der Waals surface area contributed by atoms with E-state index < -0.39 is 47.3 Å². The van der Waals surface area contributed by atoms with Crippen LogP contribution in [0, 0.1) is 35.5 Å². The minimum absolute atomic E-state index is 0.0476. The second kappa shape index (κ2) is 20.0. The van der Waals surface area contributed by atoms with Gasteiger partial charge in [-0.2, -0.15) is 0 Å². The summed E-state index contributed by atoms with van der Waals surface area (Å²) in [5, 5.41) is 2.95. The number of benzene rings is 1. The number of nitrogens with one attached hydrogen (secondary N) is 1. The number of fused-ring (bicyclic) bond motifs is 1. The Morgan fingerprint density at radius 2 is 1.63 bits per heavy atom. The molecule has 294 valence electrons.